The Hall–Kier alpha value is -2.16. The van der Waals surface area contributed by atoms with Crippen LogP contribution < -0.4 is 0 Å². The molecule has 3 heterocycles. The minimum atomic E-state index is 0.113. The van der Waals surface area contributed by atoms with Crippen molar-refractivity contribution in [1.82, 2.24) is 9.88 Å². The maximum absolute atomic E-state index is 12.9. The van der Waals surface area contributed by atoms with Crippen LogP contribution in [0.3, 0.4) is 0 Å². The number of carbonyl (C=O) groups is 1. The third-order valence-corrected chi connectivity index (χ3v) is 6.12. The Kier molecular flexibility index (Phi) is 4.80. The number of nitrogens with zero attached hydrogens (tertiary/aromatic N) is 2. The number of amides is 1. The predicted molar refractivity (Wildman–Crippen MR) is 102 cm³/mol. The van der Waals surface area contributed by atoms with Gasteiger partial charge in [-0.3, -0.25) is 4.79 Å². The lowest BCUT2D eigenvalue weighted by atomic mass is 9.80. The highest BCUT2D eigenvalue weighted by molar-refractivity contribution is 7.09. The van der Waals surface area contributed by atoms with Gasteiger partial charge in [0.05, 0.1) is 5.01 Å². The fraction of sp³-hybridized carbons (Fsp3) is 0.429. The molecule has 2 aliphatic rings. The quantitative estimate of drug-likeness (QED) is 0.726. The van der Waals surface area contributed by atoms with E-state index >= 15 is 0 Å². The summed E-state index contributed by atoms with van der Waals surface area (Å²) < 4.78 is 5.49. The predicted octanol–water partition coefficient (Wildman–Crippen LogP) is 3.49. The van der Waals surface area contributed by atoms with Crippen molar-refractivity contribution in [2.24, 2.45) is 5.41 Å². The van der Waals surface area contributed by atoms with Crippen LogP contribution in [0, 0.1) is 24.2 Å². The lowest BCUT2D eigenvalue weighted by Gasteiger charge is -2.33. The van der Waals surface area contributed by atoms with Crippen LogP contribution in [0.2, 0.25) is 0 Å². The highest BCUT2D eigenvalue weighted by Gasteiger charge is 2.41. The molecular formula is C21H22N2O2S. The maximum atomic E-state index is 12.9. The van der Waals surface area contributed by atoms with E-state index < -0.39 is 0 Å². The number of thiazole rings is 1. The van der Waals surface area contributed by atoms with Crippen LogP contribution in [-0.4, -0.2) is 42.1 Å². The Morgan fingerprint density at radius 2 is 2.12 bits per heavy atom. The molecule has 26 heavy (non-hydrogen) atoms. The number of hydrogen-bond acceptors (Lipinski definition) is 4. The molecular weight excluding hydrogens is 344 g/mol. The van der Waals surface area contributed by atoms with E-state index in [0.717, 1.165) is 67.4 Å². The van der Waals surface area contributed by atoms with Gasteiger partial charge in [-0.2, -0.15) is 0 Å². The highest BCUT2D eigenvalue weighted by atomic mass is 32.1. The lowest BCUT2D eigenvalue weighted by molar-refractivity contribution is 0.0191. The van der Waals surface area contributed by atoms with E-state index in [4.69, 9.17) is 4.74 Å². The summed E-state index contributed by atoms with van der Waals surface area (Å²) in [6.07, 6.45) is 3.22. The Labute approximate surface area is 158 Å². The second-order valence-electron chi connectivity index (χ2n) is 7.17. The smallest absolute Gasteiger partial charge is 0.253 e. The summed E-state index contributed by atoms with van der Waals surface area (Å²) in [6.45, 7) is 5.30. The van der Waals surface area contributed by atoms with Gasteiger partial charge >= 0.3 is 0 Å². The summed E-state index contributed by atoms with van der Waals surface area (Å²) in [4.78, 5) is 19.3. The summed E-state index contributed by atoms with van der Waals surface area (Å²) >= 11 is 1.59. The summed E-state index contributed by atoms with van der Waals surface area (Å²) in [7, 11) is 0. The molecule has 0 radical (unpaired) electrons. The molecule has 0 aliphatic carbocycles. The van der Waals surface area contributed by atoms with Crippen molar-refractivity contribution < 1.29 is 9.53 Å². The van der Waals surface area contributed by atoms with Gasteiger partial charge in [-0.05, 0) is 55.7 Å². The average Bonchev–Trinajstić information content (AvgIpc) is 3.27. The van der Waals surface area contributed by atoms with Crippen molar-refractivity contribution in [2.45, 2.75) is 26.2 Å². The zero-order valence-electron chi connectivity index (χ0n) is 15.0. The highest BCUT2D eigenvalue weighted by Crippen LogP contribution is 2.40. The van der Waals surface area contributed by atoms with E-state index in [1.165, 1.54) is 0 Å². The molecule has 0 N–H and O–H groups in total. The number of likely N-dealkylation sites (tertiary alicyclic amines) is 1. The van der Waals surface area contributed by atoms with Gasteiger partial charge in [0, 0.05) is 42.8 Å². The standard InChI is InChI=1S/C21H22N2O2S/c1-16-22-19(14-26-16)6-5-17-3-2-4-18(13-17)20(24)23-10-7-21(15-23)8-11-25-12-9-21/h2-4,13-14H,7-12,15H2,1H3. The van der Waals surface area contributed by atoms with Crippen LogP contribution in [0.1, 0.15) is 45.9 Å². The van der Waals surface area contributed by atoms with Crippen molar-refractivity contribution >= 4 is 17.2 Å². The number of carbonyl (C=O) groups excluding carboxylic acids is 1. The van der Waals surface area contributed by atoms with Crippen LogP contribution >= 0.6 is 11.3 Å². The topological polar surface area (TPSA) is 42.4 Å². The molecule has 2 saturated heterocycles. The van der Waals surface area contributed by atoms with E-state index in [2.05, 4.69) is 16.8 Å². The Morgan fingerprint density at radius 1 is 1.27 bits per heavy atom. The molecule has 2 aromatic rings. The zero-order valence-corrected chi connectivity index (χ0v) is 15.8. The number of aromatic nitrogens is 1. The maximum Gasteiger partial charge on any atom is 0.253 e. The van der Waals surface area contributed by atoms with Gasteiger partial charge < -0.3 is 9.64 Å². The SMILES string of the molecule is Cc1nc(C#Cc2cccc(C(=O)N3CCC4(CCOCC4)C3)c2)cs1. The molecule has 4 rings (SSSR count). The Morgan fingerprint density at radius 3 is 2.88 bits per heavy atom. The van der Waals surface area contributed by atoms with Crippen molar-refractivity contribution in [3.63, 3.8) is 0 Å². The number of aryl methyl sites for hydroxylation is 1. The molecule has 5 heteroatoms. The largest absolute Gasteiger partial charge is 0.381 e. The summed E-state index contributed by atoms with van der Waals surface area (Å²) in [5, 5.41) is 2.96. The van der Waals surface area contributed by atoms with E-state index in [9.17, 15) is 4.79 Å². The molecule has 0 bridgehead atoms. The molecule has 0 saturated carbocycles. The first-order valence-corrected chi connectivity index (χ1v) is 9.93. The molecule has 0 unspecified atom stereocenters. The van der Waals surface area contributed by atoms with Gasteiger partial charge in [0.15, 0.2) is 0 Å². The normalized spacial score (nSPS) is 18.6. The molecule has 4 nitrogen and oxygen atoms in total. The van der Waals surface area contributed by atoms with Crippen LogP contribution in [0.15, 0.2) is 29.6 Å². The first-order valence-electron chi connectivity index (χ1n) is 9.05. The minimum Gasteiger partial charge on any atom is -0.381 e. The Bertz CT molecular complexity index is 871. The number of benzene rings is 1. The third kappa shape index (κ3) is 3.67. The summed E-state index contributed by atoms with van der Waals surface area (Å²) in [6, 6.07) is 7.62. The van der Waals surface area contributed by atoms with Crippen LogP contribution in [0.4, 0.5) is 0 Å². The molecule has 1 amide bonds. The van der Waals surface area contributed by atoms with Crippen LogP contribution in [-0.2, 0) is 4.74 Å². The molecule has 134 valence electrons. The second kappa shape index (κ2) is 7.22. The van der Waals surface area contributed by atoms with Gasteiger partial charge in [-0.1, -0.05) is 12.0 Å². The van der Waals surface area contributed by atoms with E-state index in [0.29, 0.717) is 0 Å². The van der Waals surface area contributed by atoms with Crippen molar-refractivity contribution in [1.29, 1.82) is 0 Å². The van der Waals surface area contributed by atoms with Crippen LogP contribution in [0.5, 0.6) is 0 Å². The van der Waals surface area contributed by atoms with Gasteiger partial charge in [0.2, 0.25) is 0 Å². The summed E-state index contributed by atoms with van der Waals surface area (Å²) in [5.41, 5.74) is 2.62. The van der Waals surface area contributed by atoms with Crippen molar-refractivity contribution in [3.05, 3.63) is 51.5 Å². The molecule has 1 aromatic heterocycles. The van der Waals surface area contributed by atoms with Gasteiger partial charge in [-0.15, -0.1) is 11.3 Å². The van der Waals surface area contributed by atoms with Crippen molar-refractivity contribution in [2.75, 3.05) is 26.3 Å². The monoisotopic (exact) mass is 366 g/mol. The fourth-order valence-corrected chi connectivity index (χ4v) is 4.34. The second-order valence-corrected chi connectivity index (χ2v) is 8.23. The minimum absolute atomic E-state index is 0.113. The van der Waals surface area contributed by atoms with Gasteiger partial charge in [0.25, 0.3) is 5.91 Å². The fourth-order valence-electron chi connectivity index (χ4n) is 3.79. The number of rotatable bonds is 1. The van der Waals surface area contributed by atoms with E-state index in [1.54, 1.807) is 11.3 Å². The average molecular weight is 366 g/mol. The molecule has 0 atom stereocenters. The van der Waals surface area contributed by atoms with Crippen LogP contribution in [0.25, 0.3) is 0 Å². The zero-order chi connectivity index (χ0) is 18.0. The molecule has 1 aromatic carbocycles. The first-order chi connectivity index (χ1) is 12.6. The van der Waals surface area contributed by atoms with Gasteiger partial charge in [-0.25, -0.2) is 4.98 Å². The first kappa shape index (κ1) is 17.3. The number of ether oxygens (including phenoxy) is 1. The summed E-state index contributed by atoms with van der Waals surface area (Å²) in [5.74, 6) is 6.31. The number of hydrogen-bond donors (Lipinski definition) is 0. The third-order valence-electron chi connectivity index (χ3n) is 5.34. The van der Waals surface area contributed by atoms with E-state index in [-0.39, 0.29) is 11.3 Å². The lowest BCUT2D eigenvalue weighted by Crippen LogP contribution is -2.35. The molecule has 2 fully saturated rings. The van der Waals surface area contributed by atoms with Gasteiger partial charge in [0.1, 0.15) is 5.69 Å². The van der Waals surface area contributed by atoms with Crippen molar-refractivity contribution in [3.8, 4) is 11.8 Å². The Balaban J connectivity index is 1.48. The molecule has 2 aliphatic heterocycles. The molecule has 1 spiro atoms. The van der Waals surface area contributed by atoms with E-state index in [1.807, 2.05) is 41.5 Å².